The van der Waals surface area contributed by atoms with Crippen molar-refractivity contribution >= 4 is 35.7 Å². The maximum atomic E-state index is 12.4. The SMILES string of the molecule is CCC(C)(C)C(=O)NCCOC(=O)C1=C(C(=O)O)CCCC1.CCC(C)(C)C(=O)OCCN(C)C(=O)C1CC=CCC1C(=O)O. The summed E-state index contributed by atoms with van der Waals surface area (Å²) < 4.78 is 10.3. The number of carbonyl (C=O) groups excluding carboxylic acids is 4. The Morgan fingerprint density at radius 3 is 1.93 bits per heavy atom. The summed E-state index contributed by atoms with van der Waals surface area (Å²) in [5.41, 5.74) is -0.566. The topological polar surface area (TPSA) is 177 Å². The van der Waals surface area contributed by atoms with Gasteiger partial charge in [0.25, 0.3) is 0 Å². The molecule has 0 aromatic carbocycles. The van der Waals surface area contributed by atoms with Gasteiger partial charge in [0.15, 0.2) is 0 Å². The number of nitrogens with one attached hydrogen (secondary N) is 1. The van der Waals surface area contributed by atoms with Crippen LogP contribution in [-0.2, 0) is 38.2 Å². The number of carbonyl (C=O) groups is 6. The fraction of sp³-hybridized carbons (Fsp3) is 0.697. The first-order valence-corrected chi connectivity index (χ1v) is 15.7. The van der Waals surface area contributed by atoms with E-state index < -0.39 is 40.6 Å². The molecule has 0 aromatic rings. The Morgan fingerprint density at radius 2 is 1.40 bits per heavy atom. The van der Waals surface area contributed by atoms with Crippen molar-refractivity contribution in [2.45, 2.75) is 92.9 Å². The van der Waals surface area contributed by atoms with Gasteiger partial charge in [0.1, 0.15) is 13.2 Å². The highest BCUT2D eigenvalue weighted by molar-refractivity contribution is 5.99. The van der Waals surface area contributed by atoms with Crippen LogP contribution in [0.3, 0.4) is 0 Å². The van der Waals surface area contributed by atoms with E-state index in [-0.39, 0.29) is 55.2 Å². The Bertz CT molecular complexity index is 1140. The summed E-state index contributed by atoms with van der Waals surface area (Å²) in [5.74, 6) is -4.41. The van der Waals surface area contributed by atoms with Crippen molar-refractivity contribution in [1.29, 1.82) is 0 Å². The molecule has 3 N–H and O–H groups in total. The van der Waals surface area contributed by atoms with Gasteiger partial charge in [0, 0.05) is 23.6 Å². The minimum Gasteiger partial charge on any atom is -0.481 e. The van der Waals surface area contributed by atoms with E-state index in [1.165, 1.54) is 4.90 Å². The molecule has 12 nitrogen and oxygen atoms in total. The number of rotatable bonds is 14. The molecule has 2 aliphatic carbocycles. The second kappa shape index (κ2) is 18.3. The van der Waals surface area contributed by atoms with Crippen molar-refractivity contribution in [2.75, 3.05) is 33.4 Å². The molecule has 0 fully saturated rings. The van der Waals surface area contributed by atoms with Gasteiger partial charge in [-0.3, -0.25) is 19.2 Å². The molecule has 254 valence electrons. The van der Waals surface area contributed by atoms with E-state index in [1.807, 2.05) is 47.6 Å². The molecule has 0 bridgehead atoms. The zero-order valence-corrected chi connectivity index (χ0v) is 27.9. The van der Waals surface area contributed by atoms with Crippen molar-refractivity contribution in [3.8, 4) is 0 Å². The van der Waals surface area contributed by atoms with Crippen LogP contribution in [0.1, 0.15) is 92.9 Å². The average molecular weight is 637 g/mol. The third kappa shape index (κ3) is 12.3. The molecule has 0 aromatic heterocycles. The van der Waals surface area contributed by atoms with Crippen molar-refractivity contribution in [2.24, 2.45) is 22.7 Å². The lowest BCUT2D eigenvalue weighted by Gasteiger charge is -2.29. The van der Waals surface area contributed by atoms with Crippen LogP contribution >= 0.6 is 0 Å². The maximum Gasteiger partial charge on any atom is 0.334 e. The number of carboxylic acids is 2. The number of amides is 2. The number of aliphatic carboxylic acids is 2. The Kier molecular flexibility index (Phi) is 16.0. The van der Waals surface area contributed by atoms with Gasteiger partial charge >= 0.3 is 23.9 Å². The van der Waals surface area contributed by atoms with Crippen molar-refractivity contribution in [1.82, 2.24) is 10.2 Å². The number of hydrogen-bond acceptors (Lipinski definition) is 8. The summed E-state index contributed by atoms with van der Waals surface area (Å²) in [5, 5.41) is 21.0. The molecule has 2 rings (SSSR count). The molecule has 0 radical (unpaired) electrons. The highest BCUT2D eigenvalue weighted by Gasteiger charge is 2.35. The van der Waals surface area contributed by atoms with Gasteiger partial charge in [-0.15, -0.1) is 0 Å². The van der Waals surface area contributed by atoms with E-state index in [0.29, 0.717) is 38.5 Å². The van der Waals surface area contributed by atoms with Crippen LogP contribution in [0.2, 0.25) is 0 Å². The quantitative estimate of drug-likeness (QED) is 0.143. The Balaban J connectivity index is 0.000000450. The highest BCUT2D eigenvalue weighted by atomic mass is 16.5. The molecule has 12 heteroatoms. The van der Waals surface area contributed by atoms with Gasteiger partial charge in [0.2, 0.25) is 11.8 Å². The minimum absolute atomic E-state index is 0.0424. The predicted octanol–water partition coefficient (Wildman–Crippen LogP) is 4.13. The van der Waals surface area contributed by atoms with E-state index in [2.05, 4.69) is 5.32 Å². The monoisotopic (exact) mass is 636 g/mol. The molecule has 2 atom stereocenters. The molecular weight excluding hydrogens is 584 g/mol. The van der Waals surface area contributed by atoms with Crippen LogP contribution in [0.15, 0.2) is 23.3 Å². The largest absolute Gasteiger partial charge is 0.481 e. The van der Waals surface area contributed by atoms with E-state index in [1.54, 1.807) is 13.1 Å². The number of esters is 2. The summed E-state index contributed by atoms with van der Waals surface area (Å²) in [4.78, 5) is 71.9. The molecule has 0 saturated carbocycles. The highest BCUT2D eigenvalue weighted by Crippen LogP contribution is 2.28. The molecular formula is C33H52N2O10. The number of nitrogens with zero attached hydrogens (tertiary/aromatic N) is 1. The molecule has 45 heavy (non-hydrogen) atoms. The van der Waals surface area contributed by atoms with Crippen LogP contribution < -0.4 is 5.32 Å². The fourth-order valence-corrected chi connectivity index (χ4v) is 4.53. The molecule has 0 spiro atoms. The standard InChI is InChI=1S/C17H27NO5.C16H25NO5/c1-5-17(2,3)16(22)23-11-10-18(4)14(19)12-8-6-7-9-13(12)15(20)21;1-4-16(2,3)15(21)17-9-10-22-14(20)12-8-6-5-7-11(12)13(18)19/h6-7,12-13H,5,8-11H2,1-4H3,(H,20,21);4-10H2,1-3H3,(H,17,21)(H,18,19). The number of allylic oxidation sites excluding steroid dienone is 2. The maximum absolute atomic E-state index is 12.4. The Morgan fingerprint density at radius 1 is 0.844 bits per heavy atom. The average Bonchev–Trinajstić information content (AvgIpc) is 3.02. The zero-order chi connectivity index (χ0) is 34.4. The van der Waals surface area contributed by atoms with Gasteiger partial charge in [-0.1, -0.05) is 39.8 Å². The fourth-order valence-electron chi connectivity index (χ4n) is 4.53. The third-order valence-corrected chi connectivity index (χ3v) is 8.63. The molecule has 0 heterocycles. The first-order valence-electron chi connectivity index (χ1n) is 15.7. The van der Waals surface area contributed by atoms with Gasteiger partial charge in [0.05, 0.1) is 30.3 Å². The normalized spacial score (nSPS) is 18.2. The first kappa shape index (κ1) is 39.3. The first-order chi connectivity index (χ1) is 21.0. The molecule has 2 unspecified atom stereocenters. The number of hydrogen-bond donors (Lipinski definition) is 3. The van der Waals surface area contributed by atoms with Gasteiger partial charge in [-0.2, -0.15) is 0 Å². The second-order valence-corrected chi connectivity index (χ2v) is 12.7. The summed E-state index contributed by atoms with van der Waals surface area (Å²) >= 11 is 0. The van der Waals surface area contributed by atoms with E-state index in [0.717, 1.165) is 12.8 Å². The lowest BCUT2D eigenvalue weighted by atomic mass is 9.82. The number of ether oxygens (including phenoxy) is 2. The van der Waals surface area contributed by atoms with Crippen LogP contribution in [0, 0.1) is 22.7 Å². The summed E-state index contributed by atoms with van der Waals surface area (Å²) in [7, 11) is 1.61. The zero-order valence-electron chi connectivity index (χ0n) is 27.9. The van der Waals surface area contributed by atoms with Crippen LogP contribution in [0.4, 0.5) is 0 Å². The van der Waals surface area contributed by atoms with Crippen molar-refractivity contribution in [3.05, 3.63) is 23.3 Å². The summed E-state index contributed by atoms with van der Waals surface area (Å²) in [6.45, 7) is 11.8. The molecule has 0 saturated heterocycles. The summed E-state index contributed by atoms with van der Waals surface area (Å²) in [6, 6.07) is 0. The van der Waals surface area contributed by atoms with Crippen LogP contribution in [0.25, 0.3) is 0 Å². The third-order valence-electron chi connectivity index (χ3n) is 8.63. The van der Waals surface area contributed by atoms with E-state index in [9.17, 15) is 33.9 Å². The predicted molar refractivity (Wildman–Crippen MR) is 167 cm³/mol. The van der Waals surface area contributed by atoms with E-state index >= 15 is 0 Å². The van der Waals surface area contributed by atoms with Crippen LogP contribution in [-0.4, -0.2) is 84.2 Å². The molecule has 0 aliphatic heterocycles. The van der Waals surface area contributed by atoms with Crippen LogP contribution in [0.5, 0.6) is 0 Å². The summed E-state index contributed by atoms with van der Waals surface area (Å²) in [6.07, 6.45) is 8.27. The number of likely N-dealkylation sites (N-methyl/N-ethyl adjacent to an activating group) is 1. The smallest absolute Gasteiger partial charge is 0.334 e. The minimum atomic E-state index is -1.05. The van der Waals surface area contributed by atoms with E-state index in [4.69, 9.17) is 14.6 Å². The Hall–Kier alpha value is -3.70. The number of carboxylic acid groups (broad SMARTS) is 2. The van der Waals surface area contributed by atoms with Gasteiger partial charge < -0.3 is 29.9 Å². The van der Waals surface area contributed by atoms with Gasteiger partial charge in [-0.25, -0.2) is 9.59 Å². The van der Waals surface area contributed by atoms with Crippen molar-refractivity contribution in [3.63, 3.8) is 0 Å². The second-order valence-electron chi connectivity index (χ2n) is 12.7. The lowest BCUT2D eigenvalue weighted by molar-refractivity contribution is -0.156. The molecule has 2 amide bonds. The van der Waals surface area contributed by atoms with Gasteiger partial charge in [-0.05, 0) is 65.2 Å². The Labute approximate surface area is 266 Å². The molecule has 2 aliphatic rings. The van der Waals surface area contributed by atoms with Crippen molar-refractivity contribution < 1.29 is 48.5 Å². The lowest BCUT2D eigenvalue weighted by Crippen LogP contribution is -2.41.